The molecule has 6 nitrogen and oxygen atoms in total. The van der Waals surface area contributed by atoms with Crippen molar-refractivity contribution in [1.82, 2.24) is 24.6 Å². The molecule has 0 saturated carbocycles. The summed E-state index contributed by atoms with van der Waals surface area (Å²) in [6, 6.07) is 10.2. The zero-order valence-electron chi connectivity index (χ0n) is 17.5. The molecule has 1 saturated heterocycles. The lowest BCUT2D eigenvalue weighted by Gasteiger charge is -2.20. The first-order valence-corrected chi connectivity index (χ1v) is 11.5. The van der Waals surface area contributed by atoms with E-state index in [0.29, 0.717) is 5.75 Å². The zero-order valence-corrected chi connectivity index (χ0v) is 18.4. The number of pyridine rings is 1. The number of hydrogen-bond donors (Lipinski definition) is 0. The predicted molar refractivity (Wildman–Crippen MR) is 120 cm³/mol. The SMILES string of the molecule is Cc1ccc(-n2c(SCC(=O)N3CCCCCC3)nnc2-c2ccncc2)cc1C. The summed E-state index contributed by atoms with van der Waals surface area (Å²) in [6.07, 6.45) is 8.14. The first-order chi connectivity index (χ1) is 14.6. The van der Waals surface area contributed by atoms with Gasteiger partial charge in [0.2, 0.25) is 5.91 Å². The van der Waals surface area contributed by atoms with Crippen molar-refractivity contribution in [3.63, 3.8) is 0 Å². The number of carbonyl (C=O) groups is 1. The highest BCUT2D eigenvalue weighted by molar-refractivity contribution is 7.99. The Bertz CT molecular complexity index is 1010. The van der Waals surface area contributed by atoms with Crippen molar-refractivity contribution >= 4 is 17.7 Å². The van der Waals surface area contributed by atoms with Crippen LogP contribution in [0.4, 0.5) is 0 Å². The van der Waals surface area contributed by atoms with Crippen LogP contribution in [0, 0.1) is 13.8 Å². The molecule has 1 aromatic carbocycles. The maximum Gasteiger partial charge on any atom is 0.233 e. The standard InChI is InChI=1S/C23H27N5OS/c1-17-7-8-20(15-18(17)2)28-22(19-9-11-24-12-10-19)25-26-23(28)30-16-21(29)27-13-5-3-4-6-14-27/h7-12,15H,3-6,13-14,16H2,1-2H3. The highest BCUT2D eigenvalue weighted by Gasteiger charge is 2.20. The van der Waals surface area contributed by atoms with Crippen molar-refractivity contribution in [2.45, 2.75) is 44.7 Å². The molecule has 4 rings (SSSR count). The van der Waals surface area contributed by atoms with Crippen molar-refractivity contribution in [3.8, 4) is 17.1 Å². The highest BCUT2D eigenvalue weighted by atomic mass is 32.2. The van der Waals surface area contributed by atoms with E-state index in [0.717, 1.165) is 48.2 Å². The van der Waals surface area contributed by atoms with Crippen molar-refractivity contribution in [2.24, 2.45) is 0 Å². The van der Waals surface area contributed by atoms with Crippen molar-refractivity contribution in [3.05, 3.63) is 53.9 Å². The summed E-state index contributed by atoms with van der Waals surface area (Å²) in [4.78, 5) is 18.9. The van der Waals surface area contributed by atoms with Gasteiger partial charge in [-0.05, 0) is 62.1 Å². The van der Waals surface area contributed by atoms with Crippen LogP contribution in [0.15, 0.2) is 47.9 Å². The predicted octanol–water partition coefficient (Wildman–Crippen LogP) is 4.44. The molecule has 156 valence electrons. The van der Waals surface area contributed by atoms with E-state index >= 15 is 0 Å². The third-order valence-electron chi connectivity index (χ3n) is 5.60. The van der Waals surface area contributed by atoms with E-state index in [1.54, 1.807) is 12.4 Å². The Kier molecular flexibility index (Phi) is 6.47. The van der Waals surface area contributed by atoms with Crippen LogP contribution >= 0.6 is 11.8 Å². The molecule has 7 heteroatoms. The molecule has 3 aromatic rings. The number of nitrogens with zero attached hydrogens (tertiary/aromatic N) is 5. The lowest BCUT2D eigenvalue weighted by Crippen LogP contribution is -2.33. The number of amides is 1. The van der Waals surface area contributed by atoms with Crippen LogP contribution in [0.1, 0.15) is 36.8 Å². The van der Waals surface area contributed by atoms with E-state index in [9.17, 15) is 4.79 Å². The third-order valence-corrected chi connectivity index (χ3v) is 6.52. The van der Waals surface area contributed by atoms with Crippen LogP contribution in [0.3, 0.4) is 0 Å². The number of likely N-dealkylation sites (tertiary alicyclic amines) is 1. The van der Waals surface area contributed by atoms with E-state index in [2.05, 4.69) is 47.2 Å². The quantitative estimate of drug-likeness (QED) is 0.570. The Morgan fingerprint density at radius 2 is 1.70 bits per heavy atom. The number of benzene rings is 1. The Morgan fingerprint density at radius 1 is 0.967 bits per heavy atom. The van der Waals surface area contributed by atoms with Crippen LogP contribution in [0.25, 0.3) is 17.1 Å². The van der Waals surface area contributed by atoms with Gasteiger partial charge in [0, 0.05) is 31.0 Å². The molecule has 0 unspecified atom stereocenters. The fourth-order valence-electron chi connectivity index (χ4n) is 3.69. The molecule has 0 spiro atoms. The summed E-state index contributed by atoms with van der Waals surface area (Å²) >= 11 is 1.46. The van der Waals surface area contributed by atoms with Gasteiger partial charge in [0.15, 0.2) is 11.0 Å². The maximum atomic E-state index is 12.8. The van der Waals surface area contributed by atoms with Crippen molar-refractivity contribution in [1.29, 1.82) is 0 Å². The maximum absolute atomic E-state index is 12.8. The number of carbonyl (C=O) groups excluding carboxylic acids is 1. The molecule has 1 amide bonds. The van der Waals surface area contributed by atoms with E-state index in [4.69, 9.17) is 0 Å². The second-order valence-electron chi connectivity index (χ2n) is 7.73. The van der Waals surface area contributed by atoms with Crippen LogP contribution < -0.4 is 0 Å². The molecule has 30 heavy (non-hydrogen) atoms. The lowest BCUT2D eigenvalue weighted by atomic mass is 10.1. The third kappa shape index (κ3) is 4.56. The molecule has 2 aromatic heterocycles. The van der Waals surface area contributed by atoms with Gasteiger partial charge in [-0.1, -0.05) is 30.7 Å². The van der Waals surface area contributed by atoms with E-state index in [1.165, 1.54) is 35.7 Å². The molecule has 0 N–H and O–H groups in total. The summed E-state index contributed by atoms with van der Waals surface area (Å²) in [6.45, 7) is 5.94. The smallest absolute Gasteiger partial charge is 0.233 e. The Morgan fingerprint density at radius 3 is 2.40 bits per heavy atom. The summed E-state index contributed by atoms with van der Waals surface area (Å²) < 4.78 is 2.04. The van der Waals surface area contributed by atoms with Crippen LogP contribution in [0.2, 0.25) is 0 Å². The lowest BCUT2D eigenvalue weighted by molar-refractivity contribution is -0.128. The summed E-state index contributed by atoms with van der Waals surface area (Å²) in [7, 11) is 0. The molecule has 0 aliphatic carbocycles. The molecule has 0 bridgehead atoms. The fraction of sp³-hybridized carbons (Fsp3) is 0.391. The molecule has 1 fully saturated rings. The Balaban J connectivity index is 1.63. The number of aryl methyl sites for hydroxylation is 2. The van der Waals surface area contributed by atoms with Gasteiger partial charge in [-0.25, -0.2) is 0 Å². The average Bonchev–Trinajstić information content (AvgIpc) is 2.99. The van der Waals surface area contributed by atoms with Gasteiger partial charge in [0.1, 0.15) is 0 Å². The molecular formula is C23H27N5OS. The van der Waals surface area contributed by atoms with Crippen LogP contribution in [-0.2, 0) is 4.79 Å². The van der Waals surface area contributed by atoms with Gasteiger partial charge in [-0.3, -0.25) is 14.3 Å². The molecule has 1 aliphatic heterocycles. The zero-order chi connectivity index (χ0) is 20.9. The Labute approximate surface area is 181 Å². The van der Waals surface area contributed by atoms with E-state index in [1.807, 2.05) is 21.6 Å². The minimum Gasteiger partial charge on any atom is -0.342 e. The van der Waals surface area contributed by atoms with Gasteiger partial charge < -0.3 is 4.90 Å². The van der Waals surface area contributed by atoms with Crippen LogP contribution in [0.5, 0.6) is 0 Å². The number of hydrogen-bond acceptors (Lipinski definition) is 5. The minimum atomic E-state index is 0.182. The second-order valence-corrected chi connectivity index (χ2v) is 8.67. The largest absolute Gasteiger partial charge is 0.342 e. The van der Waals surface area contributed by atoms with Gasteiger partial charge >= 0.3 is 0 Å². The normalized spacial score (nSPS) is 14.5. The molecule has 0 radical (unpaired) electrons. The van der Waals surface area contributed by atoms with Gasteiger partial charge in [0.05, 0.1) is 11.4 Å². The molecule has 1 aliphatic rings. The van der Waals surface area contributed by atoms with Gasteiger partial charge in [0.25, 0.3) is 0 Å². The molecule has 0 atom stereocenters. The summed E-state index contributed by atoms with van der Waals surface area (Å²) in [5, 5.41) is 9.63. The summed E-state index contributed by atoms with van der Waals surface area (Å²) in [5.74, 6) is 1.31. The molecular weight excluding hydrogens is 394 g/mol. The number of thioether (sulfide) groups is 1. The highest BCUT2D eigenvalue weighted by Crippen LogP contribution is 2.29. The first kappa shape index (κ1) is 20.6. The van der Waals surface area contributed by atoms with Crippen LogP contribution in [-0.4, -0.2) is 49.4 Å². The average molecular weight is 422 g/mol. The van der Waals surface area contributed by atoms with Gasteiger partial charge in [-0.2, -0.15) is 0 Å². The second kappa shape index (κ2) is 9.43. The first-order valence-electron chi connectivity index (χ1n) is 10.5. The topological polar surface area (TPSA) is 63.9 Å². The van der Waals surface area contributed by atoms with E-state index < -0.39 is 0 Å². The molecule has 3 heterocycles. The van der Waals surface area contributed by atoms with Crippen molar-refractivity contribution < 1.29 is 4.79 Å². The monoisotopic (exact) mass is 421 g/mol. The summed E-state index contributed by atoms with van der Waals surface area (Å²) in [5.41, 5.74) is 4.39. The fourth-order valence-corrected chi connectivity index (χ4v) is 4.54. The number of aromatic nitrogens is 4. The van der Waals surface area contributed by atoms with Crippen molar-refractivity contribution in [2.75, 3.05) is 18.8 Å². The number of rotatable bonds is 5. The van der Waals surface area contributed by atoms with Gasteiger partial charge in [-0.15, -0.1) is 10.2 Å². The Hall–Kier alpha value is -2.67. The van der Waals surface area contributed by atoms with E-state index in [-0.39, 0.29) is 5.91 Å². The minimum absolute atomic E-state index is 0.182.